The molecule has 0 saturated heterocycles. The summed E-state index contributed by atoms with van der Waals surface area (Å²) in [4.78, 5) is 8.33. The molecule has 15 heavy (non-hydrogen) atoms. The van der Waals surface area contributed by atoms with Crippen LogP contribution in [-0.4, -0.2) is 9.97 Å². The lowest BCUT2D eigenvalue weighted by molar-refractivity contribution is 1.24. The van der Waals surface area contributed by atoms with Gasteiger partial charge in [-0.2, -0.15) is 5.26 Å². The highest BCUT2D eigenvalue weighted by atomic mass is 79.9. The van der Waals surface area contributed by atoms with Crippen LogP contribution in [0.2, 0.25) is 0 Å². The number of aromatic nitrogens is 2. The summed E-state index contributed by atoms with van der Waals surface area (Å²) in [5, 5.41) is 11.5. The molecule has 0 radical (unpaired) electrons. The van der Waals surface area contributed by atoms with Crippen molar-refractivity contribution >= 4 is 33.0 Å². The molecule has 4 nitrogen and oxygen atoms in total. The van der Waals surface area contributed by atoms with Crippen LogP contribution in [-0.2, 0) is 0 Å². The molecule has 0 aliphatic heterocycles. The Morgan fingerprint density at radius 2 is 2.33 bits per heavy atom. The molecular weight excluding hydrogens is 276 g/mol. The topological polar surface area (TPSA) is 75.6 Å². The molecule has 2 N–H and O–H groups in total. The molecule has 0 atom stereocenters. The van der Waals surface area contributed by atoms with E-state index < -0.39 is 0 Å². The minimum absolute atomic E-state index is 0.357. The maximum absolute atomic E-state index is 8.81. The molecule has 0 bridgehead atoms. The van der Waals surface area contributed by atoms with Gasteiger partial charge in [-0.3, -0.25) is 0 Å². The number of nitriles is 1. The molecule has 0 amide bonds. The first-order chi connectivity index (χ1) is 7.22. The molecule has 0 aliphatic carbocycles. The standard InChI is InChI=1S/C9H5BrN4S/c10-8-5(4-11)6(12)3-7(14-8)9-13-1-2-15-9/h1-3H,(H2,12,14). The third-order valence-electron chi connectivity index (χ3n) is 1.77. The number of thiazole rings is 1. The van der Waals surface area contributed by atoms with E-state index in [1.807, 2.05) is 11.4 Å². The Hall–Kier alpha value is -1.45. The Kier molecular flexibility index (Phi) is 2.66. The van der Waals surface area contributed by atoms with E-state index in [0.29, 0.717) is 21.5 Å². The lowest BCUT2D eigenvalue weighted by Gasteiger charge is -2.02. The van der Waals surface area contributed by atoms with Crippen molar-refractivity contribution in [3.8, 4) is 16.8 Å². The third-order valence-corrected chi connectivity index (χ3v) is 3.14. The lowest BCUT2D eigenvalue weighted by atomic mass is 10.2. The fourth-order valence-electron chi connectivity index (χ4n) is 1.10. The molecule has 0 fully saturated rings. The van der Waals surface area contributed by atoms with E-state index in [1.54, 1.807) is 12.3 Å². The van der Waals surface area contributed by atoms with Gasteiger partial charge in [-0.05, 0) is 22.0 Å². The second-order valence-electron chi connectivity index (χ2n) is 2.71. The summed E-state index contributed by atoms with van der Waals surface area (Å²) in [7, 11) is 0. The van der Waals surface area contributed by atoms with Gasteiger partial charge in [0.1, 0.15) is 26.9 Å². The maximum Gasteiger partial charge on any atom is 0.141 e. The minimum atomic E-state index is 0.357. The van der Waals surface area contributed by atoms with Crippen LogP contribution in [0, 0.1) is 11.3 Å². The van der Waals surface area contributed by atoms with Gasteiger partial charge in [0.15, 0.2) is 0 Å². The molecular formula is C9H5BrN4S. The van der Waals surface area contributed by atoms with E-state index in [0.717, 1.165) is 5.01 Å². The van der Waals surface area contributed by atoms with Crippen LogP contribution < -0.4 is 5.73 Å². The molecule has 0 spiro atoms. The predicted octanol–water partition coefficient (Wildman–Crippen LogP) is 2.42. The average Bonchev–Trinajstić information content (AvgIpc) is 2.69. The van der Waals surface area contributed by atoms with Crippen LogP contribution in [0.3, 0.4) is 0 Å². The molecule has 0 unspecified atom stereocenters. The summed E-state index contributed by atoms with van der Waals surface area (Å²) in [6.07, 6.45) is 1.70. The van der Waals surface area contributed by atoms with E-state index in [2.05, 4.69) is 25.9 Å². The Bertz CT molecular complexity index is 507. The van der Waals surface area contributed by atoms with Gasteiger partial charge >= 0.3 is 0 Å². The average molecular weight is 281 g/mol. The largest absolute Gasteiger partial charge is 0.398 e. The highest BCUT2D eigenvalue weighted by Gasteiger charge is 2.10. The van der Waals surface area contributed by atoms with Crippen LogP contribution in [0.5, 0.6) is 0 Å². The van der Waals surface area contributed by atoms with Crippen molar-refractivity contribution in [1.82, 2.24) is 9.97 Å². The van der Waals surface area contributed by atoms with Gasteiger partial charge in [-0.15, -0.1) is 11.3 Å². The van der Waals surface area contributed by atoms with Crippen molar-refractivity contribution < 1.29 is 0 Å². The number of rotatable bonds is 1. The van der Waals surface area contributed by atoms with Crippen molar-refractivity contribution in [2.75, 3.05) is 5.73 Å². The third kappa shape index (κ3) is 1.84. The zero-order valence-electron chi connectivity index (χ0n) is 7.44. The fourth-order valence-corrected chi connectivity index (χ4v) is 2.21. The molecule has 6 heteroatoms. The van der Waals surface area contributed by atoms with Crippen molar-refractivity contribution in [2.45, 2.75) is 0 Å². The van der Waals surface area contributed by atoms with Crippen molar-refractivity contribution in [3.63, 3.8) is 0 Å². The number of hydrogen-bond acceptors (Lipinski definition) is 5. The van der Waals surface area contributed by atoms with Crippen LogP contribution in [0.1, 0.15) is 5.56 Å². The quantitative estimate of drug-likeness (QED) is 0.814. The van der Waals surface area contributed by atoms with Crippen molar-refractivity contribution in [3.05, 3.63) is 27.8 Å². The van der Waals surface area contributed by atoms with Gasteiger partial charge in [0.05, 0.1) is 5.69 Å². The van der Waals surface area contributed by atoms with E-state index in [9.17, 15) is 0 Å². The summed E-state index contributed by atoms with van der Waals surface area (Å²) in [5.41, 5.74) is 7.16. The predicted molar refractivity (Wildman–Crippen MR) is 62.2 cm³/mol. The molecule has 2 aromatic rings. The zero-order chi connectivity index (χ0) is 10.8. The van der Waals surface area contributed by atoms with Crippen LogP contribution in [0.25, 0.3) is 10.7 Å². The van der Waals surface area contributed by atoms with Crippen LogP contribution >= 0.6 is 27.3 Å². The first-order valence-corrected chi connectivity index (χ1v) is 5.65. The number of nitrogens with two attached hydrogens (primary N) is 1. The van der Waals surface area contributed by atoms with Gasteiger partial charge in [0.2, 0.25) is 0 Å². The fraction of sp³-hybridized carbons (Fsp3) is 0. The zero-order valence-corrected chi connectivity index (χ0v) is 9.84. The molecule has 74 valence electrons. The lowest BCUT2D eigenvalue weighted by Crippen LogP contribution is -1.95. The number of nitrogen functional groups attached to an aromatic ring is 1. The summed E-state index contributed by atoms with van der Waals surface area (Å²) in [6, 6.07) is 3.64. The molecule has 2 rings (SSSR count). The summed E-state index contributed by atoms with van der Waals surface area (Å²) >= 11 is 4.68. The summed E-state index contributed by atoms with van der Waals surface area (Å²) < 4.78 is 0.454. The van der Waals surface area contributed by atoms with E-state index >= 15 is 0 Å². The summed E-state index contributed by atoms with van der Waals surface area (Å²) in [5.74, 6) is 0. The van der Waals surface area contributed by atoms with E-state index in [-0.39, 0.29) is 0 Å². The molecule has 0 saturated carbocycles. The van der Waals surface area contributed by atoms with E-state index in [4.69, 9.17) is 11.0 Å². The first kappa shape index (κ1) is 10.1. The van der Waals surface area contributed by atoms with E-state index in [1.165, 1.54) is 11.3 Å². The smallest absolute Gasteiger partial charge is 0.141 e. The van der Waals surface area contributed by atoms with Gasteiger partial charge in [0.25, 0.3) is 0 Å². The number of halogens is 1. The first-order valence-electron chi connectivity index (χ1n) is 3.98. The minimum Gasteiger partial charge on any atom is -0.398 e. The maximum atomic E-state index is 8.81. The molecule has 0 aliphatic rings. The second kappa shape index (κ2) is 3.96. The van der Waals surface area contributed by atoms with Crippen molar-refractivity contribution in [2.24, 2.45) is 0 Å². The van der Waals surface area contributed by atoms with Gasteiger partial charge < -0.3 is 5.73 Å². The Morgan fingerprint density at radius 3 is 2.87 bits per heavy atom. The van der Waals surface area contributed by atoms with Gasteiger partial charge in [0, 0.05) is 11.6 Å². The summed E-state index contributed by atoms with van der Waals surface area (Å²) in [6.45, 7) is 0. The Labute approximate surface area is 98.5 Å². The highest BCUT2D eigenvalue weighted by molar-refractivity contribution is 9.10. The number of anilines is 1. The molecule has 0 aromatic carbocycles. The number of nitrogens with zero attached hydrogens (tertiary/aromatic N) is 3. The monoisotopic (exact) mass is 280 g/mol. The van der Waals surface area contributed by atoms with Crippen LogP contribution in [0.4, 0.5) is 5.69 Å². The molecule has 2 aromatic heterocycles. The SMILES string of the molecule is N#Cc1c(N)cc(-c2nccs2)nc1Br. The van der Waals surface area contributed by atoms with Gasteiger partial charge in [-0.25, -0.2) is 9.97 Å². The number of hydrogen-bond donors (Lipinski definition) is 1. The molecule has 2 heterocycles. The number of pyridine rings is 1. The Balaban J connectivity index is 2.59. The normalized spacial score (nSPS) is 9.87. The highest BCUT2D eigenvalue weighted by Crippen LogP contribution is 2.27. The van der Waals surface area contributed by atoms with Gasteiger partial charge in [-0.1, -0.05) is 0 Å². The van der Waals surface area contributed by atoms with Crippen molar-refractivity contribution in [1.29, 1.82) is 5.26 Å². The second-order valence-corrected chi connectivity index (χ2v) is 4.36. The van der Waals surface area contributed by atoms with Crippen LogP contribution in [0.15, 0.2) is 22.2 Å². The Morgan fingerprint density at radius 1 is 1.53 bits per heavy atom.